The number of hydrogen-bond donors (Lipinski definition) is 1. The maximum Gasteiger partial charge on any atom is 0.251 e. The molecule has 1 aromatic carbocycles. The van der Waals surface area contributed by atoms with Gasteiger partial charge < -0.3 is 10.2 Å². The Morgan fingerprint density at radius 3 is 3.00 bits per heavy atom. The molecule has 1 N–H and O–H groups in total. The van der Waals surface area contributed by atoms with Crippen LogP contribution in [0.4, 0.5) is 4.39 Å². The highest BCUT2D eigenvalue weighted by atomic mass is 79.9. The van der Waals surface area contributed by atoms with E-state index >= 15 is 0 Å². The number of halogens is 2. The molecule has 98 valence electrons. The molecule has 1 aliphatic rings. The Hall–Kier alpha value is -0.940. The third-order valence-electron chi connectivity index (χ3n) is 3.22. The molecule has 5 heteroatoms. The van der Waals surface area contributed by atoms with E-state index in [-0.39, 0.29) is 5.91 Å². The minimum atomic E-state index is -0.414. The fourth-order valence-corrected chi connectivity index (χ4v) is 2.42. The van der Waals surface area contributed by atoms with E-state index in [0.29, 0.717) is 22.5 Å². The highest BCUT2D eigenvalue weighted by molar-refractivity contribution is 9.10. The Kier molecular flexibility index (Phi) is 4.35. The fourth-order valence-electron chi connectivity index (χ4n) is 2.17. The van der Waals surface area contributed by atoms with Crippen molar-refractivity contribution in [2.75, 3.05) is 26.7 Å². The zero-order chi connectivity index (χ0) is 13.1. The van der Waals surface area contributed by atoms with Gasteiger partial charge in [-0.1, -0.05) is 0 Å². The van der Waals surface area contributed by atoms with Gasteiger partial charge in [0.2, 0.25) is 0 Å². The number of nitrogens with one attached hydrogen (secondary N) is 1. The van der Waals surface area contributed by atoms with E-state index in [1.54, 1.807) is 12.1 Å². The van der Waals surface area contributed by atoms with Crippen molar-refractivity contribution in [3.63, 3.8) is 0 Å². The molecular formula is C13H16BrFN2O. The minimum absolute atomic E-state index is 0.212. The Morgan fingerprint density at radius 2 is 2.39 bits per heavy atom. The van der Waals surface area contributed by atoms with Crippen molar-refractivity contribution in [1.29, 1.82) is 0 Å². The normalized spacial score (nSPS) is 20.1. The van der Waals surface area contributed by atoms with Crippen LogP contribution in [0.2, 0.25) is 0 Å². The summed E-state index contributed by atoms with van der Waals surface area (Å²) >= 11 is 3.07. The lowest BCUT2D eigenvalue weighted by Gasteiger charge is -2.11. The number of rotatable bonds is 3. The summed E-state index contributed by atoms with van der Waals surface area (Å²) in [6, 6.07) is 4.41. The monoisotopic (exact) mass is 314 g/mol. The summed E-state index contributed by atoms with van der Waals surface area (Å²) < 4.78 is 13.7. The van der Waals surface area contributed by atoms with Gasteiger partial charge in [-0.3, -0.25) is 4.79 Å². The molecule has 1 unspecified atom stereocenters. The van der Waals surface area contributed by atoms with E-state index in [9.17, 15) is 9.18 Å². The van der Waals surface area contributed by atoms with E-state index in [2.05, 4.69) is 33.2 Å². The van der Waals surface area contributed by atoms with Gasteiger partial charge in [0.15, 0.2) is 0 Å². The molecule has 3 nitrogen and oxygen atoms in total. The average molecular weight is 315 g/mol. The van der Waals surface area contributed by atoms with Gasteiger partial charge in [-0.2, -0.15) is 0 Å². The second-order valence-corrected chi connectivity index (χ2v) is 5.61. The zero-order valence-electron chi connectivity index (χ0n) is 10.2. The van der Waals surface area contributed by atoms with Crippen LogP contribution in [0.15, 0.2) is 22.7 Å². The molecule has 0 aliphatic carbocycles. The van der Waals surface area contributed by atoms with Gasteiger partial charge in [-0.05, 0) is 60.1 Å². The maximum absolute atomic E-state index is 13.3. The summed E-state index contributed by atoms with van der Waals surface area (Å²) in [6.07, 6.45) is 1.10. The summed E-state index contributed by atoms with van der Waals surface area (Å²) in [5.41, 5.74) is 0.363. The molecular weight excluding hydrogens is 299 g/mol. The largest absolute Gasteiger partial charge is 0.352 e. The second-order valence-electron chi connectivity index (χ2n) is 4.76. The van der Waals surface area contributed by atoms with Gasteiger partial charge >= 0.3 is 0 Å². The van der Waals surface area contributed by atoms with Crippen molar-refractivity contribution in [2.45, 2.75) is 6.42 Å². The van der Waals surface area contributed by atoms with E-state index in [1.165, 1.54) is 6.07 Å². The fraction of sp³-hybridized carbons (Fsp3) is 0.462. The predicted molar refractivity (Wildman–Crippen MR) is 72.0 cm³/mol. The summed E-state index contributed by atoms with van der Waals surface area (Å²) in [5.74, 6) is -0.126. The molecule has 1 saturated heterocycles. The summed E-state index contributed by atoms with van der Waals surface area (Å²) in [7, 11) is 2.08. The van der Waals surface area contributed by atoms with Crippen LogP contribution >= 0.6 is 15.9 Å². The second kappa shape index (κ2) is 5.80. The summed E-state index contributed by atoms with van der Waals surface area (Å²) in [4.78, 5) is 14.1. The van der Waals surface area contributed by atoms with E-state index in [4.69, 9.17) is 0 Å². The van der Waals surface area contributed by atoms with Crippen LogP contribution in [0.3, 0.4) is 0 Å². The Morgan fingerprint density at radius 1 is 1.61 bits per heavy atom. The predicted octanol–water partition coefficient (Wildman–Crippen LogP) is 2.27. The van der Waals surface area contributed by atoms with Gasteiger partial charge in [0.25, 0.3) is 5.91 Å². The van der Waals surface area contributed by atoms with Crippen LogP contribution in [-0.2, 0) is 0 Å². The van der Waals surface area contributed by atoms with Gasteiger partial charge in [-0.25, -0.2) is 4.39 Å². The van der Waals surface area contributed by atoms with Crippen molar-refractivity contribution >= 4 is 21.8 Å². The Labute approximate surface area is 114 Å². The number of likely N-dealkylation sites (tertiary alicyclic amines) is 1. The number of carbonyl (C=O) groups is 1. The van der Waals surface area contributed by atoms with Crippen molar-refractivity contribution in [3.8, 4) is 0 Å². The number of carbonyl (C=O) groups excluding carboxylic acids is 1. The third kappa shape index (κ3) is 3.29. The van der Waals surface area contributed by atoms with Crippen LogP contribution in [0, 0.1) is 11.7 Å². The van der Waals surface area contributed by atoms with Gasteiger partial charge in [0, 0.05) is 18.7 Å². The summed E-state index contributed by atoms with van der Waals surface area (Å²) in [5, 5.41) is 2.86. The number of amides is 1. The average Bonchev–Trinajstić information content (AvgIpc) is 2.75. The molecule has 1 amide bonds. The quantitative estimate of drug-likeness (QED) is 0.928. The Bertz CT molecular complexity index is 453. The molecule has 0 aromatic heterocycles. The molecule has 1 atom stereocenters. The first-order chi connectivity index (χ1) is 8.56. The van der Waals surface area contributed by atoms with Crippen LogP contribution < -0.4 is 5.32 Å². The molecule has 1 aliphatic heterocycles. The van der Waals surface area contributed by atoms with E-state index in [1.807, 2.05) is 0 Å². The topological polar surface area (TPSA) is 32.3 Å². The van der Waals surface area contributed by atoms with Crippen molar-refractivity contribution in [2.24, 2.45) is 5.92 Å². The molecule has 1 fully saturated rings. The van der Waals surface area contributed by atoms with Gasteiger partial charge in [0.1, 0.15) is 5.82 Å². The molecule has 1 heterocycles. The maximum atomic E-state index is 13.3. The molecule has 0 bridgehead atoms. The molecule has 0 spiro atoms. The van der Waals surface area contributed by atoms with Crippen molar-refractivity contribution in [3.05, 3.63) is 34.1 Å². The van der Waals surface area contributed by atoms with Gasteiger partial charge in [-0.15, -0.1) is 0 Å². The minimum Gasteiger partial charge on any atom is -0.352 e. The highest BCUT2D eigenvalue weighted by Crippen LogP contribution is 2.17. The van der Waals surface area contributed by atoms with E-state index in [0.717, 1.165) is 19.5 Å². The number of benzene rings is 1. The lowest BCUT2D eigenvalue weighted by Crippen LogP contribution is -2.30. The number of nitrogens with zero attached hydrogens (tertiary/aromatic N) is 1. The highest BCUT2D eigenvalue weighted by Gasteiger charge is 2.20. The zero-order valence-corrected chi connectivity index (χ0v) is 11.8. The van der Waals surface area contributed by atoms with E-state index < -0.39 is 5.82 Å². The molecule has 1 aromatic rings. The van der Waals surface area contributed by atoms with Crippen LogP contribution in [0.5, 0.6) is 0 Å². The Balaban J connectivity index is 1.89. The SMILES string of the molecule is CN1CCC(CNC(=O)c2ccc(Br)c(F)c2)C1. The molecule has 18 heavy (non-hydrogen) atoms. The lowest BCUT2D eigenvalue weighted by molar-refractivity contribution is 0.0947. The smallest absolute Gasteiger partial charge is 0.251 e. The first-order valence-electron chi connectivity index (χ1n) is 5.98. The number of hydrogen-bond acceptors (Lipinski definition) is 2. The van der Waals surface area contributed by atoms with Crippen LogP contribution in [0.25, 0.3) is 0 Å². The molecule has 0 radical (unpaired) electrons. The van der Waals surface area contributed by atoms with Crippen LogP contribution in [0.1, 0.15) is 16.8 Å². The first kappa shape index (κ1) is 13.5. The standard InChI is InChI=1S/C13H16BrFN2O/c1-17-5-4-9(8-17)7-16-13(18)10-2-3-11(14)12(15)6-10/h2-3,6,9H,4-5,7-8H2,1H3,(H,16,18). The molecule has 2 rings (SSSR count). The molecule has 0 saturated carbocycles. The van der Waals surface area contributed by atoms with Gasteiger partial charge in [0.05, 0.1) is 4.47 Å². The van der Waals surface area contributed by atoms with Crippen molar-refractivity contribution in [1.82, 2.24) is 10.2 Å². The summed E-state index contributed by atoms with van der Waals surface area (Å²) in [6.45, 7) is 2.74. The van der Waals surface area contributed by atoms with Crippen LogP contribution in [-0.4, -0.2) is 37.5 Å². The lowest BCUT2D eigenvalue weighted by atomic mass is 10.1. The third-order valence-corrected chi connectivity index (χ3v) is 3.87. The first-order valence-corrected chi connectivity index (χ1v) is 6.77. The van der Waals surface area contributed by atoms with Crippen molar-refractivity contribution < 1.29 is 9.18 Å².